The molecule has 2 heteroatoms. The molecule has 0 saturated heterocycles. The number of hydrogen-bond donors (Lipinski definition) is 1. The number of H-pyrrole nitrogens is 1. The maximum absolute atomic E-state index is 5.07. The van der Waals surface area contributed by atoms with Gasteiger partial charge >= 0.3 is 0 Å². The van der Waals surface area contributed by atoms with Gasteiger partial charge in [0.25, 0.3) is 0 Å². The summed E-state index contributed by atoms with van der Waals surface area (Å²) in [6.45, 7) is 2.75. The summed E-state index contributed by atoms with van der Waals surface area (Å²) in [5, 5.41) is 1.26. The van der Waals surface area contributed by atoms with Crippen molar-refractivity contribution in [2.75, 3.05) is 7.11 Å². The lowest BCUT2D eigenvalue weighted by Crippen LogP contribution is -1.85. The zero-order valence-corrected chi connectivity index (χ0v) is 7.92. The van der Waals surface area contributed by atoms with Gasteiger partial charge in [-0.3, -0.25) is 0 Å². The molecule has 0 saturated carbocycles. The summed E-state index contributed by atoms with van der Waals surface area (Å²) in [6.07, 6.45) is 0. The second kappa shape index (κ2) is 3.23. The van der Waals surface area contributed by atoms with Crippen LogP contribution in [0.5, 0.6) is 0 Å². The van der Waals surface area contributed by atoms with Crippen molar-refractivity contribution in [2.24, 2.45) is 0 Å². The van der Waals surface area contributed by atoms with E-state index in [2.05, 4.69) is 36.2 Å². The molecule has 0 amide bonds. The Morgan fingerprint density at radius 3 is 2.92 bits per heavy atom. The molecule has 2 nitrogen and oxygen atoms in total. The van der Waals surface area contributed by atoms with Crippen LogP contribution in [0.25, 0.3) is 10.9 Å². The Morgan fingerprint density at radius 2 is 2.23 bits per heavy atom. The summed E-state index contributed by atoms with van der Waals surface area (Å²) in [7, 11) is 1.71. The van der Waals surface area contributed by atoms with E-state index in [4.69, 9.17) is 4.74 Å². The van der Waals surface area contributed by atoms with Gasteiger partial charge in [0.05, 0.1) is 6.61 Å². The Hall–Kier alpha value is -1.28. The predicted octanol–water partition coefficient (Wildman–Crippen LogP) is 2.62. The van der Waals surface area contributed by atoms with Crippen molar-refractivity contribution in [3.8, 4) is 0 Å². The van der Waals surface area contributed by atoms with Crippen molar-refractivity contribution in [1.82, 2.24) is 4.98 Å². The van der Waals surface area contributed by atoms with Crippen molar-refractivity contribution in [1.29, 1.82) is 0 Å². The van der Waals surface area contributed by atoms with Gasteiger partial charge in [0.2, 0.25) is 0 Å². The number of para-hydroxylation sites is 1. The first-order chi connectivity index (χ1) is 6.31. The molecule has 0 bridgehead atoms. The van der Waals surface area contributed by atoms with E-state index < -0.39 is 0 Å². The molecule has 1 heterocycles. The van der Waals surface area contributed by atoms with Gasteiger partial charge in [0.15, 0.2) is 0 Å². The van der Waals surface area contributed by atoms with Gasteiger partial charge in [0.1, 0.15) is 0 Å². The number of aromatic nitrogens is 1. The number of rotatable bonds is 2. The van der Waals surface area contributed by atoms with E-state index >= 15 is 0 Å². The van der Waals surface area contributed by atoms with Crippen LogP contribution in [0.2, 0.25) is 0 Å². The van der Waals surface area contributed by atoms with Crippen LogP contribution in [0.15, 0.2) is 24.3 Å². The highest BCUT2D eigenvalue weighted by molar-refractivity contribution is 5.83. The van der Waals surface area contributed by atoms with Crippen LogP contribution in [-0.4, -0.2) is 12.1 Å². The third-order valence-electron chi connectivity index (χ3n) is 2.22. The predicted molar refractivity (Wildman–Crippen MR) is 53.7 cm³/mol. The zero-order chi connectivity index (χ0) is 9.26. The minimum atomic E-state index is 0.647. The number of aryl methyl sites for hydroxylation is 1. The number of hydrogen-bond acceptors (Lipinski definition) is 1. The van der Waals surface area contributed by atoms with Crippen LogP contribution in [0.1, 0.15) is 11.3 Å². The smallest absolute Gasteiger partial charge is 0.0862 e. The zero-order valence-electron chi connectivity index (χ0n) is 7.92. The molecule has 0 aliphatic heterocycles. The monoisotopic (exact) mass is 175 g/mol. The molecule has 2 rings (SSSR count). The summed E-state index contributed by atoms with van der Waals surface area (Å²) < 4.78 is 5.07. The SMILES string of the molecule is COCc1cc2cccc(C)c2[nH]1. The molecular formula is C11H13NO. The van der Waals surface area contributed by atoms with E-state index in [1.54, 1.807) is 7.11 Å². The standard InChI is InChI=1S/C11H13NO/c1-8-4-3-5-9-6-10(7-13-2)12-11(8)9/h3-6,12H,7H2,1-2H3. The van der Waals surface area contributed by atoms with Crippen molar-refractivity contribution in [2.45, 2.75) is 13.5 Å². The summed E-state index contributed by atoms with van der Waals surface area (Å²) in [5.74, 6) is 0. The van der Waals surface area contributed by atoms with E-state index in [1.807, 2.05) is 0 Å². The van der Waals surface area contributed by atoms with Gasteiger partial charge in [-0.05, 0) is 18.6 Å². The molecule has 1 aromatic heterocycles. The lowest BCUT2D eigenvalue weighted by Gasteiger charge is -1.94. The topological polar surface area (TPSA) is 25.0 Å². The van der Waals surface area contributed by atoms with Crippen molar-refractivity contribution in [3.05, 3.63) is 35.5 Å². The van der Waals surface area contributed by atoms with Crippen molar-refractivity contribution >= 4 is 10.9 Å². The minimum Gasteiger partial charge on any atom is -0.378 e. The first kappa shape index (κ1) is 8.32. The molecule has 0 aliphatic carbocycles. The van der Waals surface area contributed by atoms with Crippen LogP contribution in [0.4, 0.5) is 0 Å². The van der Waals surface area contributed by atoms with Crippen LogP contribution in [-0.2, 0) is 11.3 Å². The molecule has 1 N–H and O–H groups in total. The molecule has 1 aromatic carbocycles. The normalized spacial score (nSPS) is 10.9. The number of fused-ring (bicyclic) bond motifs is 1. The first-order valence-electron chi connectivity index (χ1n) is 4.37. The third kappa shape index (κ3) is 1.45. The molecule has 2 aromatic rings. The average Bonchev–Trinajstić information content (AvgIpc) is 2.49. The van der Waals surface area contributed by atoms with Crippen LogP contribution in [0.3, 0.4) is 0 Å². The van der Waals surface area contributed by atoms with Crippen LogP contribution >= 0.6 is 0 Å². The molecule has 0 spiro atoms. The molecule has 0 fully saturated rings. The fourth-order valence-corrected chi connectivity index (χ4v) is 1.60. The third-order valence-corrected chi connectivity index (χ3v) is 2.22. The quantitative estimate of drug-likeness (QED) is 0.745. The van der Waals surface area contributed by atoms with Crippen molar-refractivity contribution in [3.63, 3.8) is 0 Å². The Labute approximate surface area is 77.5 Å². The Bertz CT molecular complexity index is 417. The van der Waals surface area contributed by atoms with E-state index in [0.29, 0.717) is 6.61 Å². The number of ether oxygens (including phenoxy) is 1. The van der Waals surface area contributed by atoms with Gasteiger partial charge in [0, 0.05) is 23.7 Å². The summed E-state index contributed by atoms with van der Waals surface area (Å²) in [4.78, 5) is 3.34. The molecular weight excluding hydrogens is 162 g/mol. The summed E-state index contributed by atoms with van der Waals surface area (Å²) in [5.41, 5.74) is 3.63. The van der Waals surface area contributed by atoms with Gasteiger partial charge in [-0.15, -0.1) is 0 Å². The van der Waals surface area contributed by atoms with Crippen LogP contribution < -0.4 is 0 Å². The van der Waals surface area contributed by atoms with Crippen LogP contribution in [0, 0.1) is 6.92 Å². The van der Waals surface area contributed by atoms with E-state index in [0.717, 1.165) is 5.69 Å². The maximum atomic E-state index is 5.07. The highest BCUT2D eigenvalue weighted by Crippen LogP contribution is 2.18. The molecule has 13 heavy (non-hydrogen) atoms. The van der Waals surface area contributed by atoms with Gasteiger partial charge in [-0.1, -0.05) is 18.2 Å². The fourth-order valence-electron chi connectivity index (χ4n) is 1.60. The highest BCUT2D eigenvalue weighted by atomic mass is 16.5. The van der Waals surface area contributed by atoms with Crippen molar-refractivity contribution < 1.29 is 4.74 Å². The van der Waals surface area contributed by atoms with Gasteiger partial charge < -0.3 is 9.72 Å². The Kier molecular flexibility index (Phi) is 2.07. The highest BCUT2D eigenvalue weighted by Gasteiger charge is 2.01. The Morgan fingerprint density at radius 1 is 1.38 bits per heavy atom. The number of nitrogens with one attached hydrogen (secondary N) is 1. The molecule has 68 valence electrons. The Balaban J connectivity index is 2.55. The molecule has 0 atom stereocenters. The first-order valence-corrected chi connectivity index (χ1v) is 4.37. The fraction of sp³-hybridized carbons (Fsp3) is 0.273. The molecule has 0 unspecified atom stereocenters. The summed E-state index contributed by atoms with van der Waals surface area (Å²) >= 11 is 0. The summed E-state index contributed by atoms with van der Waals surface area (Å²) in [6, 6.07) is 8.42. The van der Waals surface area contributed by atoms with Gasteiger partial charge in [-0.25, -0.2) is 0 Å². The largest absolute Gasteiger partial charge is 0.378 e. The maximum Gasteiger partial charge on any atom is 0.0862 e. The second-order valence-corrected chi connectivity index (χ2v) is 3.27. The average molecular weight is 175 g/mol. The van der Waals surface area contributed by atoms with E-state index in [9.17, 15) is 0 Å². The molecule has 0 radical (unpaired) electrons. The second-order valence-electron chi connectivity index (χ2n) is 3.27. The lowest BCUT2D eigenvalue weighted by molar-refractivity contribution is 0.182. The number of aromatic amines is 1. The lowest BCUT2D eigenvalue weighted by atomic mass is 10.2. The number of benzene rings is 1. The van der Waals surface area contributed by atoms with E-state index in [1.165, 1.54) is 16.5 Å². The number of methoxy groups -OCH3 is 1. The molecule has 0 aliphatic rings. The minimum absolute atomic E-state index is 0.647. The van der Waals surface area contributed by atoms with Gasteiger partial charge in [-0.2, -0.15) is 0 Å². The van der Waals surface area contributed by atoms with E-state index in [-0.39, 0.29) is 0 Å².